The lowest BCUT2D eigenvalue weighted by atomic mass is 10.1. The molecular weight excluding hydrogens is 327 g/mol. The molecule has 2 unspecified atom stereocenters. The van der Waals surface area contributed by atoms with E-state index in [4.69, 9.17) is 0 Å². The Bertz CT molecular complexity index is 788. The van der Waals surface area contributed by atoms with E-state index in [1.165, 1.54) is 0 Å². The molecule has 3 rings (SSSR count). The molecule has 3 aromatic carbocycles. The van der Waals surface area contributed by atoms with Crippen LogP contribution in [0.3, 0.4) is 0 Å². The van der Waals surface area contributed by atoms with Crippen LogP contribution in [-0.4, -0.2) is 10.8 Å². The number of rotatable bonds is 6. The van der Waals surface area contributed by atoms with Crippen molar-refractivity contribution in [2.75, 3.05) is 0 Å². The summed E-state index contributed by atoms with van der Waals surface area (Å²) >= 11 is 0. The highest BCUT2D eigenvalue weighted by molar-refractivity contribution is 7.79. The first kappa shape index (κ1) is 17.7. The van der Waals surface area contributed by atoms with Crippen LogP contribution >= 0.6 is 7.14 Å². The molecule has 0 saturated carbocycles. The van der Waals surface area contributed by atoms with Crippen molar-refractivity contribution in [3.63, 3.8) is 0 Å². The average molecular weight is 350 g/mol. The van der Waals surface area contributed by atoms with Gasteiger partial charge in [0.1, 0.15) is 7.14 Å². The van der Waals surface area contributed by atoms with Crippen LogP contribution < -0.4 is 10.6 Å². The van der Waals surface area contributed by atoms with Crippen LogP contribution in [0.15, 0.2) is 91.0 Å². The summed E-state index contributed by atoms with van der Waals surface area (Å²) in [7, 11) is -2.85. The fraction of sp³-hybridized carbons (Fsp3) is 0.182. The summed E-state index contributed by atoms with van der Waals surface area (Å²) in [6.07, 6.45) is -0.178. The topological polar surface area (TPSA) is 37.3 Å². The molecule has 2 nitrogen and oxygen atoms in total. The van der Waals surface area contributed by atoms with Crippen molar-refractivity contribution in [2.45, 2.75) is 25.1 Å². The highest BCUT2D eigenvalue weighted by atomic mass is 31.2. The Hall–Kier alpha value is -2.15. The van der Waals surface area contributed by atoms with Crippen molar-refractivity contribution in [1.29, 1.82) is 0 Å². The van der Waals surface area contributed by atoms with E-state index < -0.39 is 13.2 Å². The molecule has 3 aromatic rings. The van der Waals surface area contributed by atoms with E-state index >= 15 is 0 Å². The monoisotopic (exact) mass is 350 g/mol. The van der Waals surface area contributed by atoms with Gasteiger partial charge in [0.05, 0.1) is 6.10 Å². The number of benzene rings is 3. The van der Waals surface area contributed by atoms with Gasteiger partial charge >= 0.3 is 0 Å². The molecule has 0 aliphatic carbocycles. The average Bonchev–Trinajstić information content (AvgIpc) is 2.69. The lowest BCUT2D eigenvalue weighted by Gasteiger charge is -2.27. The van der Waals surface area contributed by atoms with Gasteiger partial charge in [0, 0.05) is 16.3 Å². The van der Waals surface area contributed by atoms with Crippen molar-refractivity contribution in [3.8, 4) is 0 Å². The van der Waals surface area contributed by atoms with E-state index in [0.717, 1.165) is 16.2 Å². The maximum atomic E-state index is 14.2. The molecule has 0 aliphatic heterocycles. The molecule has 1 N–H and O–H groups in total. The summed E-state index contributed by atoms with van der Waals surface area (Å²) in [6.45, 7) is 1.98. The van der Waals surface area contributed by atoms with E-state index in [9.17, 15) is 9.67 Å². The molecule has 0 amide bonds. The first-order valence-corrected chi connectivity index (χ1v) is 10.3. The molecule has 0 bridgehead atoms. The molecule has 128 valence electrons. The SMILES string of the molecule is CC(CC(O)c1ccccc1)P(=O)(c1ccccc1)c1ccccc1. The summed E-state index contributed by atoms with van der Waals surface area (Å²) in [5.41, 5.74) is 0.689. The highest BCUT2D eigenvalue weighted by Gasteiger charge is 2.34. The number of hydrogen-bond donors (Lipinski definition) is 1. The largest absolute Gasteiger partial charge is 0.388 e. The quantitative estimate of drug-likeness (QED) is 0.664. The molecule has 0 saturated heterocycles. The zero-order valence-corrected chi connectivity index (χ0v) is 15.2. The minimum Gasteiger partial charge on any atom is -0.388 e. The van der Waals surface area contributed by atoms with Crippen molar-refractivity contribution < 1.29 is 9.67 Å². The first-order chi connectivity index (χ1) is 12.1. The molecule has 0 aliphatic rings. The second-order valence-corrected chi connectivity index (χ2v) is 9.57. The van der Waals surface area contributed by atoms with Gasteiger partial charge in [0.25, 0.3) is 0 Å². The standard InChI is InChI=1S/C22H23O2P/c1-18(17-22(23)19-11-5-2-6-12-19)25(24,20-13-7-3-8-14-20)21-15-9-4-10-16-21/h2-16,18,22-23H,17H2,1H3. The van der Waals surface area contributed by atoms with Gasteiger partial charge in [-0.25, -0.2) is 0 Å². The van der Waals surface area contributed by atoms with E-state index in [0.29, 0.717) is 6.42 Å². The van der Waals surface area contributed by atoms with Gasteiger partial charge in [0.15, 0.2) is 0 Å². The third kappa shape index (κ3) is 3.76. The van der Waals surface area contributed by atoms with Gasteiger partial charge in [0.2, 0.25) is 0 Å². The number of hydrogen-bond acceptors (Lipinski definition) is 2. The van der Waals surface area contributed by atoms with Crippen LogP contribution in [0.25, 0.3) is 0 Å². The van der Waals surface area contributed by atoms with Crippen LogP contribution in [0.4, 0.5) is 0 Å². The van der Waals surface area contributed by atoms with Crippen molar-refractivity contribution in [1.82, 2.24) is 0 Å². The Morgan fingerprint density at radius 3 is 1.60 bits per heavy atom. The first-order valence-electron chi connectivity index (χ1n) is 8.56. The molecule has 0 spiro atoms. The molecule has 0 heterocycles. The summed E-state index contributed by atoms with van der Waals surface area (Å²) < 4.78 is 14.2. The zero-order valence-electron chi connectivity index (χ0n) is 14.3. The highest BCUT2D eigenvalue weighted by Crippen LogP contribution is 2.51. The summed E-state index contributed by atoms with van der Waals surface area (Å²) in [5.74, 6) is 0. The van der Waals surface area contributed by atoms with Crippen molar-refractivity contribution in [3.05, 3.63) is 96.6 Å². The van der Waals surface area contributed by atoms with Crippen LogP contribution in [0.1, 0.15) is 25.0 Å². The summed E-state index contributed by atoms with van der Waals surface area (Å²) in [5, 5.41) is 12.3. The normalized spacial score (nSPS) is 14.0. The Morgan fingerprint density at radius 1 is 0.760 bits per heavy atom. The maximum Gasteiger partial charge on any atom is 0.146 e. The van der Waals surface area contributed by atoms with Crippen molar-refractivity contribution in [2.24, 2.45) is 0 Å². The second-order valence-electron chi connectivity index (χ2n) is 6.34. The molecular formula is C22H23O2P. The maximum absolute atomic E-state index is 14.2. The van der Waals surface area contributed by atoms with Crippen LogP contribution in [0, 0.1) is 0 Å². The third-order valence-corrected chi connectivity index (χ3v) is 8.23. The van der Waals surface area contributed by atoms with E-state index in [1.807, 2.05) is 97.9 Å². The summed E-state index contributed by atoms with van der Waals surface area (Å²) in [6, 6.07) is 28.8. The van der Waals surface area contributed by atoms with Gasteiger partial charge in [-0.3, -0.25) is 0 Å². The predicted molar refractivity (Wildman–Crippen MR) is 105 cm³/mol. The molecule has 2 atom stereocenters. The lowest BCUT2D eigenvalue weighted by Crippen LogP contribution is -2.25. The third-order valence-electron chi connectivity index (χ3n) is 4.65. The van der Waals surface area contributed by atoms with E-state index in [-0.39, 0.29) is 5.66 Å². The van der Waals surface area contributed by atoms with Crippen LogP contribution in [0.2, 0.25) is 0 Å². The molecule has 3 heteroatoms. The minimum absolute atomic E-state index is 0.174. The minimum atomic E-state index is -2.85. The molecule has 25 heavy (non-hydrogen) atoms. The molecule has 0 aromatic heterocycles. The lowest BCUT2D eigenvalue weighted by molar-refractivity contribution is 0.167. The zero-order chi connectivity index (χ0) is 17.7. The Labute approximate surface area is 149 Å². The molecule has 0 fully saturated rings. The summed E-state index contributed by atoms with van der Waals surface area (Å²) in [4.78, 5) is 0. The fourth-order valence-electron chi connectivity index (χ4n) is 3.24. The van der Waals surface area contributed by atoms with E-state index in [2.05, 4.69) is 0 Å². The van der Waals surface area contributed by atoms with Crippen molar-refractivity contribution >= 4 is 17.8 Å². The van der Waals surface area contributed by atoms with E-state index in [1.54, 1.807) is 0 Å². The van der Waals surface area contributed by atoms with Gasteiger partial charge in [-0.15, -0.1) is 0 Å². The van der Waals surface area contributed by atoms with Gasteiger partial charge in [-0.05, 0) is 12.0 Å². The fourth-order valence-corrected chi connectivity index (χ4v) is 6.28. The predicted octanol–water partition coefficient (Wildman–Crippen LogP) is 4.51. The number of aliphatic hydroxyl groups excluding tert-OH is 1. The van der Waals surface area contributed by atoms with Gasteiger partial charge in [-0.2, -0.15) is 0 Å². The Balaban J connectivity index is 1.96. The number of aliphatic hydroxyl groups is 1. The van der Waals surface area contributed by atoms with Crippen LogP contribution in [-0.2, 0) is 4.57 Å². The molecule has 0 radical (unpaired) electrons. The smallest absolute Gasteiger partial charge is 0.146 e. The van der Waals surface area contributed by atoms with Gasteiger partial charge < -0.3 is 9.67 Å². The van der Waals surface area contributed by atoms with Crippen LogP contribution in [0.5, 0.6) is 0 Å². The Kier molecular flexibility index (Phi) is 5.53. The second kappa shape index (κ2) is 7.82. The Morgan fingerprint density at radius 2 is 1.16 bits per heavy atom. The van der Waals surface area contributed by atoms with Gasteiger partial charge in [-0.1, -0.05) is 97.9 Å².